The Morgan fingerprint density at radius 2 is 2.04 bits per heavy atom. The molecule has 1 aromatic carbocycles. The lowest BCUT2D eigenvalue weighted by molar-refractivity contribution is -0.130. The van der Waals surface area contributed by atoms with Crippen LogP contribution in [0.3, 0.4) is 0 Å². The molecule has 4 rings (SSSR count). The van der Waals surface area contributed by atoms with E-state index in [1.807, 2.05) is 6.07 Å². The zero-order chi connectivity index (χ0) is 19.2. The van der Waals surface area contributed by atoms with Crippen LogP contribution < -0.4 is 14.8 Å². The molecule has 3 amide bonds. The molecule has 1 N–H and O–H groups in total. The number of ether oxygens (including phenoxy) is 2. The van der Waals surface area contributed by atoms with E-state index < -0.39 is 17.5 Å². The van der Waals surface area contributed by atoms with Gasteiger partial charge in [0.15, 0.2) is 17.3 Å². The molecule has 1 aromatic heterocycles. The van der Waals surface area contributed by atoms with Crippen molar-refractivity contribution in [2.45, 2.75) is 18.9 Å². The Morgan fingerprint density at radius 1 is 1.26 bits per heavy atom. The molecule has 3 heterocycles. The number of urea groups is 1. The predicted octanol–water partition coefficient (Wildman–Crippen LogP) is 2.87. The van der Waals surface area contributed by atoms with Crippen LogP contribution in [-0.4, -0.2) is 41.5 Å². The molecule has 1 unspecified atom stereocenters. The number of hydrogen-bond donors (Lipinski definition) is 1. The van der Waals surface area contributed by atoms with Crippen molar-refractivity contribution >= 4 is 40.7 Å². The van der Waals surface area contributed by atoms with Crippen LogP contribution in [0.4, 0.5) is 4.79 Å². The summed E-state index contributed by atoms with van der Waals surface area (Å²) in [6, 6.07) is 7.98. The molecule has 140 valence electrons. The monoisotopic (exact) mass is 406 g/mol. The van der Waals surface area contributed by atoms with Gasteiger partial charge in [-0.3, -0.25) is 14.5 Å². The summed E-state index contributed by atoms with van der Waals surface area (Å²) in [6.07, 6.45) is 0.268. The number of carbonyl (C=O) groups is 3. The van der Waals surface area contributed by atoms with Crippen LogP contribution in [0.25, 0.3) is 0 Å². The molecule has 7 nitrogen and oxygen atoms in total. The number of thiophene rings is 1. The van der Waals surface area contributed by atoms with Crippen molar-refractivity contribution in [1.82, 2.24) is 10.2 Å². The number of carbonyl (C=O) groups excluding carboxylic acids is 3. The third-order valence-corrected chi connectivity index (χ3v) is 5.76. The molecule has 2 aliphatic rings. The Bertz CT molecular complexity index is 959. The first-order valence-corrected chi connectivity index (χ1v) is 9.36. The summed E-state index contributed by atoms with van der Waals surface area (Å²) >= 11 is 6.96. The van der Waals surface area contributed by atoms with Crippen LogP contribution in [0.5, 0.6) is 11.5 Å². The summed E-state index contributed by atoms with van der Waals surface area (Å²) in [6.45, 7) is 1.48. The SMILES string of the molecule is CC1(Cc2ccc3c(c2)OCO3)NC(=O)N(CC(=O)c2ccc(Cl)s2)C1=O. The summed E-state index contributed by atoms with van der Waals surface area (Å²) in [5.74, 6) is 0.478. The second-order valence-electron chi connectivity index (χ2n) is 6.54. The van der Waals surface area contributed by atoms with Crippen LogP contribution in [0, 0.1) is 0 Å². The summed E-state index contributed by atoms with van der Waals surface area (Å²) in [5.41, 5.74) is -0.327. The highest BCUT2D eigenvalue weighted by Gasteiger charge is 2.48. The van der Waals surface area contributed by atoms with Gasteiger partial charge in [0.05, 0.1) is 15.8 Å². The Labute approximate surface area is 163 Å². The molecule has 27 heavy (non-hydrogen) atoms. The van der Waals surface area contributed by atoms with Crippen molar-refractivity contribution in [3.05, 3.63) is 45.1 Å². The molecule has 0 radical (unpaired) electrons. The third-order valence-electron chi connectivity index (χ3n) is 4.49. The Kier molecular flexibility index (Phi) is 4.32. The molecule has 1 saturated heterocycles. The molecule has 0 spiro atoms. The number of nitrogens with one attached hydrogen (secondary N) is 1. The maximum absolute atomic E-state index is 12.9. The molecule has 0 aliphatic carbocycles. The van der Waals surface area contributed by atoms with Crippen LogP contribution in [-0.2, 0) is 11.2 Å². The van der Waals surface area contributed by atoms with E-state index in [9.17, 15) is 14.4 Å². The highest BCUT2D eigenvalue weighted by Crippen LogP contribution is 2.34. The van der Waals surface area contributed by atoms with Gasteiger partial charge in [0.25, 0.3) is 5.91 Å². The molecule has 2 aliphatic heterocycles. The quantitative estimate of drug-likeness (QED) is 0.609. The molecule has 0 saturated carbocycles. The second kappa shape index (κ2) is 6.54. The number of benzene rings is 1. The Hall–Kier alpha value is -2.58. The number of nitrogens with zero attached hydrogens (tertiary/aromatic N) is 1. The summed E-state index contributed by atoms with van der Waals surface area (Å²) in [4.78, 5) is 38.9. The standard InChI is InChI=1S/C18H15ClN2O5S/c1-18(7-10-2-3-12-13(6-10)26-9-25-12)16(23)21(17(24)20-18)8-11(22)14-4-5-15(19)27-14/h2-6H,7-9H2,1H3,(H,20,24). The van der Waals surface area contributed by atoms with Gasteiger partial charge >= 0.3 is 6.03 Å². The lowest BCUT2D eigenvalue weighted by atomic mass is 9.92. The second-order valence-corrected chi connectivity index (χ2v) is 8.26. The van der Waals surface area contributed by atoms with E-state index in [2.05, 4.69) is 5.32 Å². The zero-order valence-corrected chi connectivity index (χ0v) is 15.9. The maximum atomic E-state index is 12.9. The highest BCUT2D eigenvalue weighted by molar-refractivity contribution is 7.18. The summed E-state index contributed by atoms with van der Waals surface area (Å²) in [5, 5.41) is 2.70. The minimum Gasteiger partial charge on any atom is -0.454 e. The number of fused-ring (bicyclic) bond motifs is 1. The number of imide groups is 1. The minimum absolute atomic E-state index is 0.161. The molecule has 1 atom stereocenters. The van der Waals surface area contributed by atoms with Crippen LogP contribution in [0.2, 0.25) is 4.34 Å². The molecule has 1 fully saturated rings. The van der Waals surface area contributed by atoms with E-state index in [0.717, 1.165) is 21.8 Å². The highest BCUT2D eigenvalue weighted by atomic mass is 35.5. The summed E-state index contributed by atoms with van der Waals surface area (Å²) < 4.78 is 11.1. The largest absolute Gasteiger partial charge is 0.454 e. The number of amides is 3. The Morgan fingerprint density at radius 3 is 2.78 bits per heavy atom. The number of Topliss-reactive ketones (excluding diaryl/α,β-unsaturated/α-hetero) is 1. The number of rotatable bonds is 5. The van der Waals surface area contributed by atoms with E-state index in [0.29, 0.717) is 20.7 Å². The van der Waals surface area contributed by atoms with Gasteiger partial charge in [0.2, 0.25) is 6.79 Å². The lowest BCUT2D eigenvalue weighted by Gasteiger charge is -2.21. The fraction of sp³-hybridized carbons (Fsp3) is 0.278. The Balaban J connectivity index is 1.50. The average Bonchev–Trinajstić information content (AvgIpc) is 3.30. The summed E-state index contributed by atoms with van der Waals surface area (Å²) in [7, 11) is 0. The number of ketones is 1. The lowest BCUT2D eigenvalue weighted by Crippen LogP contribution is -2.46. The average molecular weight is 407 g/mol. The van der Waals surface area contributed by atoms with E-state index in [1.54, 1.807) is 31.2 Å². The molecular weight excluding hydrogens is 392 g/mol. The van der Waals surface area contributed by atoms with Gasteiger partial charge in [0.1, 0.15) is 5.54 Å². The van der Waals surface area contributed by atoms with E-state index >= 15 is 0 Å². The van der Waals surface area contributed by atoms with Crippen LogP contribution >= 0.6 is 22.9 Å². The first kappa shape index (κ1) is 17.8. The van der Waals surface area contributed by atoms with Crippen molar-refractivity contribution in [1.29, 1.82) is 0 Å². The topological polar surface area (TPSA) is 84.9 Å². The van der Waals surface area contributed by atoms with Gasteiger partial charge in [-0.2, -0.15) is 0 Å². The van der Waals surface area contributed by atoms with Gasteiger partial charge in [-0.1, -0.05) is 17.7 Å². The van der Waals surface area contributed by atoms with Crippen molar-refractivity contribution in [3.8, 4) is 11.5 Å². The molecule has 9 heteroatoms. The van der Waals surface area contributed by atoms with Gasteiger partial charge in [-0.25, -0.2) is 4.79 Å². The molecular formula is C18H15ClN2O5S. The fourth-order valence-electron chi connectivity index (χ4n) is 3.16. The van der Waals surface area contributed by atoms with Crippen molar-refractivity contribution in [2.24, 2.45) is 0 Å². The first-order valence-electron chi connectivity index (χ1n) is 8.17. The number of hydrogen-bond acceptors (Lipinski definition) is 6. The van der Waals surface area contributed by atoms with E-state index in [-0.39, 0.29) is 25.5 Å². The van der Waals surface area contributed by atoms with E-state index in [4.69, 9.17) is 21.1 Å². The van der Waals surface area contributed by atoms with Crippen molar-refractivity contribution < 1.29 is 23.9 Å². The van der Waals surface area contributed by atoms with Gasteiger partial charge < -0.3 is 14.8 Å². The van der Waals surface area contributed by atoms with Crippen molar-refractivity contribution in [2.75, 3.05) is 13.3 Å². The third kappa shape index (κ3) is 3.26. The first-order chi connectivity index (χ1) is 12.9. The smallest absolute Gasteiger partial charge is 0.325 e. The molecule has 0 bridgehead atoms. The minimum atomic E-state index is -1.14. The van der Waals surface area contributed by atoms with E-state index in [1.165, 1.54) is 0 Å². The number of halogens is 1. The van der Waals surface area contributed by atoms with Crippen LogP contribution in [0.15, 0.2) is 30.3 Å². The zero-order valence-electron chi connectivity index (χ0n) is 14.3. The van der Waals surface area contributed by atoms with Gasteiger partial charge in [-0.05, 0) is 36.8 Å². The normalized spacial score (nSPS) is 20.9. The van der Waals surface area contributed by atoms with Crippen molar-refractivity contribution in [3.63, 3.8) is 0 Å². The van der Waals surface area contributed by atoms with Gasteiger partial charge in [-0.15, -0.1) is 11.3 Å². The predicted molar refractivity (Wildman–Crippen MR) is 98.6 cm³/mol. The van der Waals surface area contributed by atoms with Gasteiger partial charge in [0, 0.05) is 6.42 Å². The maximum Gasteiger partial charge on any atom is 0.325 e. The van der Waals surface area contributed by atoms with Crippen LogP contribution in [0.1, 0.15) is 22.2 Å². The molecule has 2 aromatic rings. The fourth-order valence-corrected chi connectivity index (χ4v) is 4.13.